The number of esters is 1. The molecule has 0 fully saturated rings. The Morgan fingerprint density at radius 3 is 2.59 bits per heavy atom. The summed E-state index contributed by atoms with van der Waals surface area (Å²) in [6, 6.07) is 1.64. The Morgan fingerprint density at radius 2 is 2.00 bits per heavy atom. The van der Waals surface area contributed by atoms with Crippen LogP contribution in [0.4, 0.5) is 4.79 Å². The number of ether oxygens (including phenoxy) is 2. The Labute approximate surface area is 131 Å². The van der Waals surface area contributed by atoms with Crippen molar-refractivity contribution in [3.8, 4) is 0 Å². The van der Waals surface area contributed by atoms with Crippen molar-refractivity contribution in [1.82, 2.24) is 4.57 Å². The molecule has 2 rings (SSSR count). The van der Waals surface area contributed by atoms with Crippen LogP contribution in [0, 0.1) is 0 Å². The van der Waals surface area contributed by atoms with Crippen LogP contribution < -0.4 is 5.43 Å². The Hall–Kier alpha value is -2.15. The number of hydrogen-bond acceptors (Lipinski definition) is 6. The number of fused-ring (bicyclic) bond motifs is 1. The zero-order chi connectivity index (χ0) is 16.5. The maximum Gasteiger partial charge on any atom is 0.419 e. The third kappa shape index (κ3) is 3.19. The number of aromatic nitrogens is 1. The van der Waals surface area contributed by atoms with Gasteiger partial charge in [-0.2, -0.15) is 0 Å². The normalized spacial score (nSPS) is 11.5. The fourth-order valence-electron chi connectivity index (χ4n) is 1.86. The molecule has 0 saturated heterocycles. The first-order chi connectivity index (χ1) is 10.2. The van der Waals surface area contributed by atoms with Crippen molar-refractivity contribution >= 4 is 33.6 Å². The summed E-state index contributed by atoms with van der Waals surface area (Å²) in [6.45, 7) is 7.01. The molecule has 2 aromatic rings. The largest absolute Gasteiger partial charge is 0.462 e. The summed E-state index contributed by atoms with van der Waals surface area (Å²) in [5.41, 5.74) is -0.893. The van der Waals surface area contributed by atoms with Crippen LogP contribution in [0.1, 0.15) is 38.1 Å². The predicted octanol–water partition coefficient (Wildman–Crippen LogP) is 3.02. The van der Waals surface area contributed by atoms with E-state index in [4.69, 9.17) is 9.47 Å². The number of thiophene rings is 1. The van der Waals surface area contributed by atoms with E-state index in [1.54, 1.807) is 39.1 Å². The summed E-state index contributed by atoms with van der Waals surface area (Å²) < 4.78 is 11.7. The molecule has 0 N–H and O–H groups in total. The lowest BCUT2D eigenvalue weighted by Gasteiger charge is -2.20. The van der Waals surface area contributed by atoms with E-state index in [9.17, 15) is 14.4 Å². The van der Waals surface area contributed by atoms with Gasteiger partial charge in [-0.05, 0) is 39.1 Å². The Bertz CT molecular complexity index is 781. The SMILES string of the molecule is CCOC(=O)c1cn(C(=O)OC(C)(C)C)c2ccsc2c1=O. The van der Waals surface area contributed by atoms with Gasteiger partial charge in [-0.3, -0.25) is 9.36 Å². The van der Waals surface area contributed by atoms with E-state index in [2.05, 4.69) is 0 Å². The zero-order valence-electron chi connectivity index (χ0n) is 12.8. The average Bonchev–Trinajstić information content (AvgIpc) is 2.86. The van der Waals surface area contributed by atoms with Gasteiger partial charge >= 0.3 is 12.1 Å². The van der Waals surface area contributed by atoms with Crippen LogP contribution in [0.15, 0.2) is 22.4 Å². The smallest absolute Gasteiger partial charge is 0.419 e. The van der Waals surface area contributed by atoms with E-state index in [1.807, 2.05) is 0 Å². The lowest BCUT2D eigenvalue weighted by molar-refractivity contribution is 0.0521. The number of pyridine rings is 1. The van der Waals surface area contributed by atoms with Crippen LogP contribution in [-0.4, -0.2) is 28.8 Å². The third-order valence-electron chi connectivity index (χ3n) is 2.70. The van der Waals surface area contributed by atoms with Crippen molar-refractivity contribution in [2.24, 2.45) is 0 Å². The minimum atomic E-state index is -0.750. The first-order valence-electron chi connectivity index (χ1n) is 6.78. The Balaban J connectivity index is 2.61. The van der Waals surface area contributed by atoms with Crippen LogP contribution >= 0.6 is 11.3 Å². The molecule has 2 aromatic heterocycles. The molecule has 0 aliphatic rings. The lowest BCUT2D eigenvalue weighted by atomic mass is 10.2. The van der Waals surface area contributed by atoms with Gasteiger partial charge in [-0.1, -0.05) is 0 Å². The van der Waals surface area contributed by atoms with Crippen LogP contribution in [-0.2, 0) is 9.47 Å². The van der Waals surface area contributed by atoms with Crippen molar-refractivity contribution in [3.05, 3.63) is 33.4 Å². The minimum Gasteiger partial charge on any atom is -0.462 e. The maximum atomic E-state index is 12.3. The standard InChI is InChI=1S/C15H17NO5S/c1-5-20-13(18)9-8-16(14(19)21-15(2,3)4)10-6-7-22-12(10)11(9)17/h6-8H,5H2,1-4H3. The molecular formula is C15H17NO5S. The Kier molecular flexibility index (Phi) is 4.37. The first kappa shape index (κ1) is 16.2. The second-order valence-corrected chi connectivity index (χ2v) is 6.49. The molecule has 0 atom stereocenters. The summed E-state index contributed by atoms with van der Waals surface area (Å²) in [6.07, 6.45) is 0.533. The van der Waals surface area contributed by atoms with Crippen LogP contribution in [0.2, 0.25) is 0 Å². The van der Waals surface area contributed by atoms with Gasteiger partial charge in [0.2, 0.25) is 5.43 Å². The molecule has 0 amide bonds. The van der Waals surface area contributed by atoms with Crippen molar-refractivity contribution in [3.63, 3.8) is 0 Å². The molecule has 0 aliphatic heterocycles. The highest BCUT2D eigenvalue weighted by Crippen LogP contribution is 2.20. The molecule has 0 bridgehead atoms. The van der Waals surface area contributed by atoms with Crippen LogP contribution in [0.25, 0.3) is 10.2 Å². The molecule has 2 heterocycles. The van der Waals surface area contributed by atoms with Crippen molar-refractivity contribution in [1.29, 1.82) is 0 Å². The van der Waals surface area contributed by atoms with E-state index >= 15 is 0 Å². The van der Waals surface area contributed by atoms with Gasteiger partial charge in [0.15, 0.2) is 0 Å². The molecule has 7 heteroatoms. The van der Waals surface area contributed by atoms with Crippen LogP contribution in [0.5, 0.6) is 0 Å². The number of rotatable bonds is 2. The molecule has 0 spiro atoms. The number of nitrogens with zero attached hydrogens (tertiary/aromatic N) is 1. The summed E-state index contributed by atoms with van der Waals surface area (Å²) in [7, 11) is 0. The molecule has 0 aliphatic carbocycles. The van der Waals surface area contributed by atoms with Gasteiger partial charge in [0.05, 0.1) is 16.8 Å². The number of carbonyl (C=O) groups is 2. The molecular weight excluding hydrogens is 306 g/mol. The first-order valence-corrected chi connectivity index (χ1v) is 7.66. The maximum absolute atomic E-state index is 12.3. The van der Waals surface area contributed by atoms with E-state index in [0.717, 1.165) is 11.3 Å². The van der Waals surface area contributed by atoms with Gasteiger partial charge in [-0.15, -0.1) is 11.3 Å². The summed E-state index contributed by atoms with van der Waals surface area (Å²) >= 11 is 1.16. The second kappa shape index (κ2) is 5.92. The fraction of sp³-hybridized carbons (Fsp3) is 0.400. The number of carbonyl (C=O) groups excluding carboxylic acids is 2. The van der Waals surface area contributed by atoms with Gasteiger partial charge in [-0.25, -0.2) is 9.59 Å². The zero-order valence-corrected chi connectivity index (χ0v) is 13.7. The van der Waals surface area contributed by atoms with Gasteiger partial charge in [0.25, 0.3) is 0 Å². The predicted molar refractivity (Wildman–Crippen MR) is 83.7 cm³/mol. The van der Waals surface area contributed by atoms with Crippen LogP contribution in [0.3, 0.4) is 0 Å². The molecule has 0 radical (unpaired) electrons. The van der Waals surface area contributed by atoms with E-state index in [0.29, 0.717) is 10.2 Å². The second-order valence-electron chi connectivity index (χ2n) is 5.58. The van der Waals surface area contributed by atoms with E-state index in [1.165, 1.54) is 10.8 Å². The van der Waals surface area contributed by atoms with Gasteiger partial charge < -0.3 is 9.47 Å². The third-order valence-corrected chi connectivity index (χ3v) is 3.60. The molecule has 0 unspecified atom stereocenters. The quantitative estimate of drug-likeness (QED) is 0.794. The summed E-state index contributed by atoms with van der Waals surface area (Å²) in [5, 5.41) is 1.68. The van der Waals surface area contributed by atoms with Crippen molar-refractivity contribution < 1.29 is 19.1 Å². The fourth-order valence-corrected chi connectivity index (χ4v) is 2.70. The van der Waals surface area contributed by atoms with E-state index in [-0.39, 0.29) is 12.2 Å². The van der Waals surface area contributed by atoms with Gasteiger partial charge in [0.1, 0.15) is 11.2 Å². The Morgan fingerprint density at radius 1 is 1.32 bits per heavy atom. The van der Waals surface area contributed by atoms with Crippen molar-refractivity contribution in [2.75, 3.05) is 6.61 Å². The highest BCUT2D eigenvalue weighted by molar-refractivity contribution is 7.17. The lowest BCUT2D eigenvalue weighted by Crippen LogP contribution is -2.29. The van der Waals surface area contributed by atoms with Crippen molar-refractivity contribution in [2.45, 2.75) is 33.3 Å². The highest BCUT2D eigenvalue weighted by Gasteiger charge is 2.23. The minimum absolute atomic E-state index is 0.146. The molecule has 0 saturated carbocycles. The van der Waals surface area contributed by atoms with E-state index < -0.39 is 23.1 Å². The average molecular weight is 323 g/mol. The van der Waals surface area contributed by atoms with Gasteiger partial charge in [0, 0.05) is 6.20 Å². The topological polar surface area (TPSA) is 74.6 Å². The molecule has 0 aromatic carbocycles. The summed E-state index contributed by atoms with van der Waals surface area (Å²) in [5.74, 6) is -0.750. The monoisotopic (exact) mass is 323 g/mol. The number of hydrogen-bond donors (Lipinski definition) is 0. The summed E-state index contributed by atoms with van der Waals surface area (Å²) in [4.78, 5) is 36.5. The highest BCUT2D eigenvalue weighted by atomic mass is 32.1. The molecule has 6 nitrogen and oxygen atoms in total. The molecule has 118 valence electrons. The molecule has 22 heavy (non-hydrogen) atoms.